The number of aromatic nitrogens is 3. The Labute approximate surface area is 124 Å². The Kier molecular flexibility index (Phi) is 4.70. The zero-order valence-corrected chi connectivity index (χ0v) is 12.6. The van der Waals surface area contributed by atoms with Crippen LogP contribution in [0.15, 0.2) is 24.7 Å². The molecule has 2 heterocycles. The summed E-state index contributed by atoms with van der Waals surface area (Å²) in [5, 5.41) is 12.5. The molecular weight excluding hydrogens is 268 g/mol. The molecular formula is C15H21N4O2+. The first kappa shape index (κ1) is 15.2. The molecule has 0 fully saturated rings. The lowest BCUT2D eigenvalue weighted by Gasteiger charge is -2.04. The van der Waals surface area contributed by atoms with Crippen LogP contribution in [0.5, 0.6) is 0 Å². The van der Waals surface area contributed by atoms with Crippen molar-refractivity contribution >= 4 is 5.97 Å². The number of pyridine rings is 1. The lowest BCUT2D eigenvalue weighted by atomic mass is 10.0. The van der Waals surface area contributed by atoms with Gasteiger partial charge in [0.15, 0.2) is 12.7 Å². The number of nitrogens with zero attached hydrogens (tertiary/aromatic N) is 3. The number of H-pyrrole nitrogens is 1. The SMILES string of the molecule is Cc1[nH][n+](CCN(C)C)cc1Cc1cnccc1C(=O)O. The molecule has 0 aliphatic heterocycles. The molecule has 0 aromatic carbocycles. The monoisotopic (exact) mass is 289 g/mol. The minimum Gasteiger partial charge on any atom is -0.478 e. The highest BCUT2D eigenvalue weighted by Crippen LogP contribution is 2.14. The maximum atomic E-state index is 11.2. The number of aryl methyl sites for hydroxylation is 1. The second kappa shape index (κ2) is 6.49. The number of carboxylic acid groups (broad SMARTS) is 1. The Balaban J connectivity index is 2.18. The Bertz CT molecular complexity index is 634. The van der Waals surface area contributed by atoms with Crippen LogP contribution in [-0.2, 0) is 13.0 Å². The number of hydrogen-bond acceptors (Lipinski definition) is 3. The molecule has 21 heavy (non-hydrogen) atoms. The van der Waals surface area contributed by atoms with E-state index in [2.05, 4.69) is 15.0 Å². The van der Waals surface area contributed by atoms with Gasteiger partial charge in [-0.2, -0.15) is 5.10 Å². The largest absolute Gasteiger partial charge is 0.478 e. The number of hydrogen-bond donors (Lipinski definition) is 2. The zero-order valence-electron chi connectivity index (χ0n) is 12.6. The van der Waals surface area contributed by atoms with Crippen LogP contribution in [0.1, 0.15) is 27.2 Å². The van der Waals surface area contributed by atoms with Crippen LogP contribution >= 0.6 is 0 Å². The normalized spacial score (nSPS) is 11.0. The molecule has 0 atom stereocenters. The van der Waals surface area contributed by atoms with Gasteiger partial charge in [0.05, 0.1) is 17.8 Å². The maximum absolute atomic E-state index is 11.2. The van der Waals surface area contributed by atoms with E-state index in [1.54, 1.807) is 12.3 Å². The number of likely N-dealkylation sites (N-methyl/N-ethyl adjacent to an activating group) is 1. The third kappa shape index (κ3) is 3.88. The van der Waals surface area contributed by atoms with Gasteiger partial charge in [0.25, 0.3) is 0 Å². The molecule has 112 valence electrons. The average Bonchev–Trinajstić information content (AvgIpc) is 2.77. The van der Waals surface area contributed by atoms with Gasteiger partial charge in [0.2, 0.25) is 0 Å². The van der Waals surface area contributed by atoms with Crippen molar-refractivity contribution in [1.29, 1.82) is 0 Å². The Morgan fingerprint density at radius 1 is 1.43 bits per heavy atom. The minimum absolute atomic E-state index is 0.311. The number of carboxylic acids is 1. The lowest BCUT2D eigenvalue weighted by Crippen LogP contribution is -2.40. The second-order valence-electron chi connectivity index (χ2n) is 5.40. The van der Waals surface area contributed by atoms with Crippen molar-refractivity contribution in [3.05, 3.63) is 47.0 Å². The molecule has 0 aliphatic rings. The molecule has 0 saturated heterocycles. The van der Waals surface area contributed by atoms with Gasteiger partial charge < -0.3 is 10.0 Å². The lowest BCUT2D eigenvalue weighted by molar-refractivity contribution is -0.749. The standard InChI is InChI=1S/C15H20N4O2/c1-11-13(10-19(17-11)7-6-18(2)3)8-12-9-16-5-4-14(12)15(20)21/h4-5,9-10H,6-8H2,1-3H3,(H,20,21)/p+1. The van der Waals surface area contributed by atoms with Crippen LogP contribution in [0.25, 0.3) is 0 Å². The summed E-state index contributed by atoms with van der Waals surface area (Å²) in [4.78, 5) is 17.4. The van der Waals surface area contributed by atoms with Gasteiger partial charge in [-0.05, 0) is 32.6 Å². The van der Waals surface area contributed by atoms with Crippen molar-refractivity contribution < 1.29 is 14.6 Å². The van der Waals surface area contributed by atoms with Gasteiger partial charge in [-0.3, -0.25) is 4.98 Å². The highest BCUT2D eigenvalue weighted by atomic mass is 16.4. The van der Waals surface area contributed by atoms with Crippen molar-refractivity contribution in [3.8, 4) is 0 Å². The van der Waals surface area contributed by atoms with Gasteiger partial charge >= 0.3 is 5.97 Å². The van der Waals surface area contributed by atoms with E-state index in [-0.39, 0.29) is 0 Å². The molecule has 2 aromatic rings. The van der Waals surface area contributed by atoms with Crippen molar-refractivity contribution in [1.82, 2.24) is 15.0 Å². The van der Waals surface area contributed by atoms with Crippen LogP contribution in [0.4, 0.5) is 0 Å². The quantitative estimate of drug-likeness (QED) is 0.774. The van der Waals surface area contributed by atoms with E-state index in [4.69, 9.17) is 0 Å². The molecule has 2 N–H and O–H groups in total. The van der Waals surface area contributed by atoms with Crippen molar-refractivity contribution in [2.24, 2.45) is 0 Å². The van der Waals surface area contributed by atoms with Crippen molar-refractivity contribution in [2.45, 2.75) is 19.9 Å². The summed E-state index contributed by atoms with van der Waals surface area (Å²) >= 11 is 0. The van der Waals surface area contributed by atoms with E-state index in [1.165, 1.54) is 6.20 Å². The van der Waals surface area contributed by atoms with Crippen molar-refractivity contribution in [3.63, 3.8) is 0 Å². The highest BCUT2D eigenvalue weighted by molar-refractivity contribution is 5.89. The van der Waals surface area contributed by atoms with Crippen LogP contribution < -0.4 is 4.68 Å². The van der Waals surface area contributed by atoms with Gasteiger partial charge in [-0.15, -0.1) is 4.68 Å². The molecule has 6 nitrogen and oxygen atoms in total. The van der Waals surface area contributed by atoms with E-state index < -0.39 is 5.97 Å². The molecule has 2 aromatic heterocycles. The highest BCUT2D eigenvalue weighted by Gasteiger charge is 2.16. The summed E-state index contributed by atoms with van der Waals surface area (Å²) in [5.41, 5.74) is 3.18. The van der Waals surface area contributed by atoms with E-state index in [1.807, 2.05) is 31.9 Å². The van der Waals surface area contributed by atoms with Gasteiger partial charge in [-0.25, -0.2) is 4.79 Å². The molecule has 0 saturated carbocycles. The second-order valence-corrected chi connectivity index (χ2v) is 5.40. The summed E-state index contributed by atoms with van der Waals surface area (Å²) in [5.74, 6) is -0.916. The first-order valence-electron chi connectivity index (χ1n) is 6.86. The molecule has 0 spiro atoms. The zero-order chi connectivity index (χ0) is 15.4. The van der Waals surface area contributed by atoms with Crippen molar-refractivity contribution in [2.75, 3.05) is 20.6 Å². The summed E-state index contributed by atoms with van der Waals surface area (Å²) in [7, 11) is 4.07. The van der Waals surface area contributed by atoms with Gasteiger partial charge in [0, 0.05) is 24.4 Å². The summed E-state index contributed by atoms with van der Waals surface area (Å²) in [6.45, 7) is 3.81. The van der Waals surface area contributed by atoms with E-state index in [9.17, 15) is 9.90 Å². The van der Waals surface area contributed by atoms with Crippen LogP contribution in [0.3, 0.4) is 0 Å². The molecule has 2 rings (SSSR count). The predicted molar refractivity (Wildman–Crippen MR) is 78.3 cm³/mol. The number of carbonyl (C=O) groups is 1. The maximum Gasteiger partial charge on any atom is 0.336 e. The molecule has 0 unspecified atom stereocenters. The molecule has 6 heteroatoms. The number of aromatic carboxylic acids is 1. The van der Waals surface area contributed by atoms with Crippen LogP contribution in [-0.4, -0.2) is 46.7 Å². The third-order valence-corrected chi connectivity index (χ3v) is 3.41. The average molecular weight is 289 g/mol. The molecule has 0 radical (unpaired) electrons. The first-order valence-corrected chi connectivity index (χ1v) is 6.86. The van der Waals surface area contributed by atoms with E-state index >= 15 is 0 Å². The summed E-state index contributed by atoms with van der Waals surface area (Å²) < 4.78 is 2.03. The molecule has 0 aliphatic carbocycles. The van der Waals surface area contributed by atoms with Crippen LogP contribution in [0.2, 0.25) is 0 Å². The first-order chi connectivity index (χ1) is 9.97. The fourth-order valence-electron chi connectivity index (χ4n) is 2.19. The van der Waals surface area contributed by atoms with E-state index in [0.717, 1.165) is 29.9 Å². The summed E-state index contributed by atoms with van der Waals surface area (Å²) in [6, 6.07) is 1.54. The smallest absolute Gasteiger partial charge is 0.336 e. The Morgan fingerprint density at radius 3 is 2.86 bits per heavy atom. The number of nitrogens with one attached hydrogen (secondary N) is 1. The van der Waals surface area contributed by atoms with Crippen LogP contribution in [0, 0.1) is 6.92 Å². The topological polar surface area (TPSA) is 73.1 Å². The van der Waals surface area contributed by atoms with E-state index in [0.29, 0.717) is 12.0 Å². The number of aromatic amines is 1. The number of rotatable bonds is 6. The summed E-state index contributed by atoms with van der Waals surface area (Å²) in [6.07, 6.45) is 5.73. The fraction of sp³-hybridized carbons (Fsp3) is 0.400. The predicted octanol–water partition coefficient (Wildman–Crippen LogP) is 0.856. The fourth-order valence-corrected chi connectivity index (χ4v) is 2.19. The molecule has 0 bridgehead atoms. The minimum atomic E-state index is -0.916. The molecule has 0 amide bonds. The third-order valence-electron chi connectivity index (χ3n) is 3.41. The Morgan fingerprint density at radius 2 is 2.19 bits per heavy atom. The van der Waals surface area contributed by atoms with Gasteiger partial charge in [0.1, 0.15) is 0 Å². The Hall–Kier alpha value is -2.21. The van der Waals surface area contributed by atoms with Gasteiger partial charge in [-0.1, -0.05) is 0 Å².